The van der Waals surface area contributed by atoms with Crippen molar-refractivity contribution in [2.24, 2.45) is 0 Å². The number of ether oxygens (including phenoxy) is 3. The second kappa shape index (κ2) is 11.3. The number of amides is 1. The quantitative estimate of drug-likeness (QED) is 0.445. The Bertz CT molecular complexity index is 952. The van der Waals surface area contributed by atoms with Crippen molar-refractivity contribution in [3.63, 3.8) is 0 Å². The number of hydrogen-bond acceptors (Lipinski definition) is 6. The standard InChI is InChI=1S/C25H33BrN2O5/c1-25(2)13-21(19-12-17(26)8-9-23(19)33-25)27-14-22(29)20(28-24(30)15-31-3)11-16-6-5-7-18(10-16)32-4/h5-10,12,20-22,27,29H,11,13-15H2,1-4H3,(H,28,30)/t20-,21-,22+/m0/s1. The zero-order valence-electron chi connectivity index (χ0n) is 19.6. The molecular formula is C25H33BrN2O5. The minimum Gasteiger partial charge on any atom is -0.497 e. The summed E-state index contributed by atoms with van der Waals surface area (Å²) in [5, 5.41) is 17.5. The fourth-order valence-electron chi connectivity index (χ4n) is 4.13. The highest BCUT2D eigenvalue weighted by molar-refractivity contribution is 9.10. The highest BCUT2D eigenvalue weighted by Crippen LogP contribution is 2.40. The van der Waals surface area contributed by atoms with Crippen molar-refractivity contribution in [3.8, 4) is 11.5 Å². The first-order valence-corrected chi connectivity index (χ1v) is 11.8. The van der Waals surface area contributed by atoms with Crippen LogP contribution in [0, 0.1) is 0 Å². The van der Waals surface area contributed by atoms with Crippen LogP contribution in [0.4, 0.5) is 0 Å². The molecule has 0 saturated carbocycles. The van der Waals surface area contributed by atoms with Gasteiger partial charge in [-0.3, -0.25) is 4.79 Å². The number of hydrogen-bond donors (Lipinski definition) is 3. The fourth-order valence-corrected chi connectivity index (χ4v) is 4.51. The van der Waals surface area contributed by atoms with E-state index >= 15 is 0 Å². The maximum atomic E-state index is 12.2. The Labute approximate surface area is 203 Å². The van der Waals surface area contributed by atoms with Crippen molar-refractivity contribution >= 4 is 21.8 Å². The van der Waals surface area contributed by atoms with Gasteiger partial charge in [0.2, 0.25) is 5.91 Å². The molecule has 33 heavy (non-hydrogen) atoms. The molecule has 0 unspecified atom stereocenters. The van der Waals surface area contributed by atoms with E-state index in [-0.39, 0.29) is 24.2 Å². The number of nitrogens with one attached hydrogen (secondary N) is 2. The molecule has 0 aliphatic carbocycles. The number of rotatable bonds is 10. The van der Waals surface area contributed by atoms with Crippen LogP contribution in [0.5, 0.6) is 11.5 Å². The molecule has 3 rings (SSSR count). The van der Waals surface area contributed by atoms with Crippen molar-refractivity contribution in [2.45, 2.75) is 50.5 Å². The summed E-state index contributed by atoms with van der Waals surface area (Å²) in [4.78, 5) is 12.2. The summed E-state index contributed by atoms with van der Waals surface area (Å²) in [6, 6.07) is 13.1. The molecule has 0 spiro atoms. The van der Waals surface area contributed by atoms with E-state index in [2.05, 4.69) is 40.4 Å². The SMILES string of the molecule is COCC(=O)N[C@@H](Cc1cccc(OC)c1)[C@H](O)CN[C@H]1CC(C)(C)Oc2ccc(Br)cc21. The highest BCUT2D eigenvalue weighted by Gasteiger charge is 2.34. The van der Waals surface area contributed by atoms with Gasteiger partial charge in [0.05, 0.1) is 19.3 Å². The van der Waals surface area contributed by atoms with E-state index in [1.54, 1.807) is 7.11 Å². The monoisotopic (exact) mass is 520 g/mol. The van der Waals surface area contributed by atoms with Crippen LogP contribution in [0.25, 0.3) is 0 Å². The van der Waals surface area contributed by atoms with Gasteiger partial charge in [-0.25, -0.2) is 0 Å². The topological polar surface area (TPSA) is 89.1 Å². The van der Waals surface area contributed by atoms with Gasteiger partial charge in [0.25, 0.3) is 0 Å². The van der Waals surface area contributed by atoms with E-state index in [0.717, 1.165) is 33.5 Å². The summed E-state index contributed by atoms with van der Waals surface area (Å²) in [6.07, 6.45) is 0.384. The molecule has 2 aromatic carbocycles. The lowest BCUT2D eigenvalue weighted by Crippen LogP contribution is -2.50. The lowest BCUT2D eigenvalue weighted by Gasteiger charge is -2.38. The minimum absolute atomic E-state index is 0.00282. The normalized spacial score (nSPS) is 18.5. The zero-order chi connectivity index (χ0) is 24.0. The Balaban J connectivity index is 1.74. The Morgan fingerprint density at radius 2 is 2.06 bits per heavy atom. The van der Waals surface area contributed by atoms with Crippen molar-refractivity contribution < 1.29 is 24.1 Å². The maximum Gasteiger partial charge on any atom is 0.246 e. The molecule has 180 valence electrons. The molecule has 0 aromatic heterocycles. The molecule has 1 aliphatic rings. The van der Waals surface area contributed by atoms with Crippen molar-refractivity contribution in [3.05, 3.63) is 58.1 Å². The lowest BCUT2D eigenvalue weighted by molar-refractivity contribution is -0.126. The second-order valence-electron chi connectivity index (χ2n) is 8.94. The van der Waals surface area contributed by atoms with Gasteiger partial charge in [0, 0.05) is 36.2 Å². The van der Waals surface area contributed by atoms with Gasteiger partial charge in [-0.05, 0) is 56.2 Å². The van der Waals surface area contributed by atoms with Gasteiger partial charge in [-0.2, -0.15) is 0 Å². The fraction of sp³-hybridized carbons (Fsp3) is 0.480. The van der Waals surface area contributed by atoms with Crippen LogP contribution >= 0.6 is 15.9 Å². The summed E-state index contributed by atoms with van der Waals surface area (Å²) in [6.45, 7) is 4.35. The van der Waals surface area contributed by atoms with Crippen LogP contribution in [0.15, 0.2) is 46.9 Å². The predicted molar refractivity (Wildman–Crippen MR) is 131 cm³/mol. The number of benzene rings is 2. The summed E-state index contributed by atoms with van der Waals surface area (Å²) in [5.41, 5.74) is 1.66. The van der Waals surface area contributed by atoms with Crippen molar-refractivity contribution in [1.29, 1.82) is 0 Å². The Morgan fingerprint density at radius 3 is 2.79 bits per heavy atom. The number of fused-ring (bicyclic) bond motifs is 1. The third-order valence-corrected chi connectivity index (χ3v) is 6.17. The molecule has 0 radical (unpaired) electrons. The van der Waals surface area contributed by atoms with Crippen molar-refractivity contribution in [1.82, 2.24) is 10.6 Å². The Hall–Kier alpha value is -2.13. The van der Waals surface area contributed by atoms with E-state index in [9.17, 15) is 9.90 Å². The zero-order valence-corrected chi connectivity index (χ0v) is 21.1. The largest absolute Gasteiger partial charge is 0.497 e. The van der Waals surface area contributed by atoms with Gasteiger partial charge in [0.15, 0.2) is 0 Å². The summed E-state index contributed by atoms with van der Waals surface area (Å²) in [5.74, 6) is 1.29. The molecule has 0 bridgehead atoms. The number of halogens is 1. The molecule has 2 aromatic rings. The molecule has 1 aliphatic heterocycles. The van der Waals surface area contributed by atoms with Gasteiger partial charge >= 0.3 is 0 Å². The molecule has 8 heteroatoms. The van der Waals surface area contributed by atoms with E-state index in [1.807, 2.05) is 42.5 Å². The van der Waals surface area contributed by atoms with E-state index in [4.69, 9.17) is 14.2 Å². The number of aliphatic hydroxyl groups is 1. The van der Waals surface area contributed by atoms with Crippen LogP contribution in [0.2, 0.25) is 0 Å². The molecule has 7 nitrogen and oxygen atoms in total. The predicted octanol–water partition coefficient (Wildman–Crippen LogP) is 3.38. The van der Waals surface area contributed by atoms with Gasteiger partial charge in [0.1, 0.15) is 23.7 Å². The number of methoxy groups -OCH3 is 2. The van der Waals surface area contributed by atoms with E-state index < -0.39 is 12.1 Å². The average Bonchev–Trinajstić information content (AvgIpc) is 2.77. The number of aliphatic hydroxyl groups excluding tert-OH is 1. The van der Waals surface area contributed by atoms with Crippen LogP contribution in [-0.2, 0) is 16.0 Å². The minimum atomic E-state index is -0.821. The summed E-state index contributed by atoms with van der Waals surface area (Å²) >= 11 is 3.54. The molecule has 0 saturated heterocycles. The smallest absolute Gasteiger partial charge is 0.246 e. The highest BCUT2D eigenvalue weighted by atomic mass is 79.9. The summed E-state index contributed by atoms with van der Waals surface area (Å²) < 4.78 is 17.4. The Morgan fingerprint density at radius 1 is 1.27 bits per heavy atom. The second-order valence-corrected chi connectivity index (χ2v) is 9.85. The molecule has 1 amide bonds. The van der Waals surface area contributed by atoms with Crippen LogP contribution in [0.1, 0.15) is 37.4 Å². The molecule has 3 atom stereocenters. The van der Waals surface area contributed by atoms with Gasteiger partial charge in [-0.1, -0.05) is 28.1 Å². The summed E-state index contributed by atoms with van der Waals surface area (Å²) in [7, 11) is 3.08. The van der Waals surface area contributed by atoms with Crippen LogP contribution < -0.4 is 20.1 Å². The van der Waals surface area contributed by atoms with Crippen LogP contribution in [-0.4, -0.2) is 56.1 Å². The van der Waals surface area contributed by atoms with Gasteiger partial charge in [-0.15, -0.1) is 0 Å². The lowest BCUT2D eigenvalue weighted by atomic mass is 9.89. The van der Waals surface area contributed by atoms with E-state index in [0.29, 0.717) is 13.0 Å². The Kier molecular flexibility index (Phi) is 8.75. The molecule has 1 heterocycles. The van der Waals surface area contributed by atoms with E-state index in [1.165, 1.54) is 7.11 Å². The third-order valence-electron chi connectivity index (χ3n) is 5.68. The number of carbonyl (C=O) groups excluding carboxylic acids is 1. The molecular weight excluding hydrogens is 488 g/mol. The molecule has 3 N–H and O–H groups in total. The van der Waals surface area contributed by atoms with Crippen molar-refractivity contribution in [2.75, 3.05) is 27.4 Å². The average molecular weight is 521 g/mol. The van der Waals surface area contributed by atoms with Gasteiger partial charge < -0.3 is 30.0 Å². The van der Waals surface area contributed by atoms with Crippen LogP contribution in [0.3, 0.4) is 0 Å². The molecule has 0 fully saturated rings. The maximum absolute atomic E-state index is 12.2. The number of carbonyl (C=O) groups is 1. The first-order valence-electron chi connectivity index (χ1n) is 11.0. The third kappa shape index (κ3) is 7.17. The first kappa shape index (κ1) is 25.5. The first-order chi connectivity index (χ1) is 15.7.